The van der Waals surface area contributed by atoms with Crippen LogP contribution in [0.5, 0.6) is 0 Å². The number of benzene rings is 1. The Labute approximate surface area is 89.3 Å². The van der Waals surface area contributed by atoms with Crippen LogP contribution in [-0.2, 0) is 0 Å². The highest BCUT2D eigenvalue weighted by Gasteiger charge is 2.28. The van der Waals surface area contributed by atoms with Gasteiger partial charge in [0.1, 0.15) is 0 Å². The molecule has 1 heterocycles. The van der Waals surface area contributed by atoms with E-state index in [0.29, 0.717) is 5.56 Å². The predicted molar refractivity (Wildman–Crippen MR) is 56.4 cm³/mol. The molecule has 1 radical (unpaired) electrons. The lowest BCUT2D eigenvalue weighted by Gasteiger charge is -2.22. The minimum atomic E-state index is 0.00156. The molecule has 1 aromatic carbocycles. The van der Waals surface area contributed by atoms with E-state index in [1.807, 2.05) is 0 Å². The van der Waals surface area contributed by atoms with Gasteiger partial charge in [0.05, 0.1) is 12.6 Å². The van der Waals surface area contributed by atoms with Crippen molar-refractivity contribution in [3.8, 4) is 0 Å². The molecule has 0 bridgehead atoms. The van der Waals surface area contributed by atoms with Crippen LogP contribution in [0.25, 0.3) is 0 Å². The van der Waals surface area contributed by atoms with Crippen molar-refractivity contribution in [2.24, 2.45) is 0 Å². The van der Waals surface area contributed by atoms with Gasteiger partial charge >= 0.3 is 0 Å². The molecule has 1 aromatic rings. The Kier molecular flexibility index (Phi) is 3.02. The van der Waals surface area contributed by atoms with Gasteiger partial charge in [-0.15, -0.1) is 0 Å². The van der Waals surface area contributed by atoms with Crippen molar-refractivity contribution in [3.05, 3.63) is 35.9 Å². The van der Waals surface area contributed by atoms with E-state index in [2.05, 4.69) is 6.07 Å². The molecule has 1 saturated heterocycles. The fraction of sp³-hybridized carbons (Fsp3) is 0.417. The van der Waals surface area contributed by atoms with Crippen molar-refractivity contribution in [1.82, 2.24) is 4.90 Å². The molecule has 1 amide bonds. The number of aliphatic hydroxyl groups is 1. The summed E-state index contributed by atoms with van der Waals surface area (Å²) in [5.74, 6) is 0.0144. The van der Waals surface area contributed by atoms with Crippen LogP contribution in [0.3, 0.4) is 0 Å². The zero-order valence-electron chi connectivity index (χ0n) is 8.52. The Balaban J connectivity index is 2.14. The number of carbonyl (C=O) groups is 1. The molecule has 1 aliphatic heterocycles. The SMILES string of the molecule is O=C(c1cc[c]cc1)N1CCCC1CO. The third-order valence-corrected chi connectivity index (χ3v) is 2.81. The van der Waals surface area contributed by atoms with Gasteiger partial charge in [-0.2, -0.15) is 0 Å². The highest BCUT2D eigenvalue weighted by molar-refractivity contribution is 5.94. The average molecular weight is 204 g/mol. The van der Waals surface area contributed by atoms with E-state index in [9.17, 15) is 4.79 Å². The largest absolute Gasteiger partial charge is 0.394 e. The van der Waals surface area contributed by atoms with Crippen molar-refractivity contribution in [1.29, 1.82) is 0 Å². The topological polar surface area (TPSA) is 40.5 Å². The van der Waals surface area contributed by atoms with E-state index in [1.54, 1.807) is 29.2 Å². The van der Waals surface area contributed by atoms with E-state index in [0.717, 1.165) is 19.4 Å². The summed E-state index contributed by atoms with van der Waals surface area (Å²) < 4.78 is 0. The van der Waals surface area contributed by atoms with Crippen LogP contribution < -0.4 is 0 Å². The van der Waals surface area contributed by atoms with Crippen molar-refractivity contribution < 1.29 is 9.90 Å². The zero-order chi connectivity index (χ0) is 10.7. The van der Waals surface area contributed by atoms with E-state index in [4.69, 9.17) is 5.11 Å². The second-order valence-electron chi connectivity index (χ2n) is 3.77. The molecule has 79 valence electrons. The molecule has 15 heavy (non-hydrogen) atoms. The van der Waals surface area contributed by atoms with Gasteiger partial charge in [0.2, 0.25) is 0 Å². The zero-order valence-corrected chi connectivity index (χ0v) is 8.52. The Morgan fingerprint density at radius 3 is 2.93 bits per heavy atom. The summed E-state index contributed by atoms with van der Waals surface area (Å²) in [7, 11) is 0. The van der Waals surface area contributed by atoms with E-state index < -0.39 is 0 Å². The molecule has 1 atom stereocenters. The molecule has 2 rings (SSSR count). The summed E-state index contributed by atoms with van der Waals surface area (Å²) >= 11 is 0. The Morgan fingerprint density at radius 2 is 2.27 bits per heavy atom. The Bertz CT molecular complexity index is 337. The second kappa shape index (κ2) is 4.45. The summed E-state index contributed by atoms with van der Waals surface area (Å²) in [6.07, 6.45) is 1.89. The monoisotopic (exact) mass is 204 g/mol. The molecule has 1 N–H and O–H groups in total. The fourth-order valence-corrected chi connectivity index (χ4v) is 1.99. The first-order chi connectivity index (χ1) is 7.33. The van der Waals surface area contributed by atoms with Crippen molar-refractivity contribution in [2.45, 2.75) is 18.9 Å². The number of aliphatic hydroxyl groups excluding tert-OH is 1. The van der Waals surface area contributed by atoms with E-state index >= 15 is 0 Å². The molecule has 3 heteroatoms. The van der Waals surface area contributed by atoms with Gasteiger partial charge in [-0.1, -0.05) is 12.1 Å². The quantitative estimate of drug-likeness (QED) is 0.783. The molecule has 0 aromatic heterocycles. The van der Waals surface area contributed by atoms with Crippen LogP contribution in [0, 0.1) is 6.07 Å². The number of hydrogen-bond acceptors (Lipinski definition) is 2. The minimum absolute atomic E-state index is 0.00156. The number of carbonyl (C=O) groups excluding carboxylic acids is 1. The molecule has 0 spiro atoms. The summed E-state index contributed by atoms with van der Waals surface area (Å²) in [4.78, 5) is 13.8. The lowest BCUT2D eigenvalue weighted by atomic mass is 10.2. The van der Waals surface area contributed by atoms with E-state index in [1.165, 1.54) is 0 Å². The number of rotatable bonds is 2. The summed E-state index contributed by atoms with van der Waals surface area (Å²) in [5, 5.41) is 9.13. The maximum absolute atomic E-state index is 12.0. The highest BCUT2D eigenvalue weighted by Crippen LogP contribution is 2.19. The second-order valence-corrected chi connectivity index (χ2v) is 3.77. The normalized spacial score (nSPS) is 20.6. The van der Waals surface area contributed by atoms with Crippen molar-refractivity contribution >= 4 is 5.91 Å². The first-order valence-corrected chi connectivity index (χ1v) is 5.21. The molecule has 0 saturated carbocycles. The lowest BCUT2D eigenvalue weighted by molar-refractivity contribution is 0.0677. The number of likely N-dealkylation sites (tertiary alicyclic amines) is 1. The van der Waals surface area contributed by atoms with Crippen LogP contribution in [0.4, 0.5) is 0 Å². The molecular formula is C12H14NO2. The molecule has 1 aliphatic rings. The Morgan fingerprint density at radius 1 is 1.53 bits per heavy atom. The molecule has 1 unspecified atom stereocenters. The lowest BCUT2D eigenvalue weighted by Crippen LogP contribution is -2.37. The van der Waals surface area contributed by atoms with Gasteiger partial charge in [-0.3, -0.25) is 4.79 Å². The van der Waals surface area contributed by atoms with Crippen LogP contribution >= 0.6 is 0 Å². The number of amides is 1. The van der Waals surface area contributed by atoms with E-state index in [-0.39, 0.29) is 18.6 Å². The summed E-state index contributed by atoms with van der Waals surface area (Å²) in [6, 6.07) is 9.87. The van der Waals surface area contributed by atoms with Crippen LogP contribution in [-0.4, -0.2) is 35.1 Å². The molecule has 0 aliphatic carbocycles. The summed E-state index contributed by atoms with van der Waals surface area (Å²) in [5.41, 5.74) is 0.675. The number of hydrogen-bond donors (Lipinski definition) is 1. The maximum Gasteiger partial charge on any atom is 0.254 e. The van der Waals surface area contributed by atoms with Gasteiger partial charge in [0.25, 0.3) is 5.91 Å². The molecule has 1 fully saturated rings. The first-order valence-electron chi connectivity index (χ1n) is 5.21. The smallest absolute Gasteiger partial charge is 0.254 e. The van der Waals surface area contributed by atoms with Crippen molar-refractivity contribution in [3.63, 3.8) is 0 Å². The van der Waals surface area contributed by atoms with Crippen LogP contribution in [0.2, 0.25) is 0 Å². The van der Waals surface area contributed by atoms with Gasteiger partial charge in [-0.25, -0.2) is 0 Å². The molecule has 3 nitrogen and oxygen atoms in total. The highest BCUT2D eigenvalue weighted by atomic mass is 16.3. The molecular weight excluding hydrogens is 190 g/mol. The minimum Gasteiger partial charge on any atom is -0.394 e. The van der Waals surface area contributed by atoms with Crippen LogP contribution in [0.1, 0.15) is 23.2 Å². The van der Waals surface area contributed by atoms with Crippen molar-refractivity contribution in [2.75, 3.05) is 13.2 Å². The van der Waals surface area contributed by atoms with Gasteiger partial charge in [-0.05, 0) is 31.0 Å². The van der Waals surface area contributed by atoms with Gasteiger partial charge in [0.15, 0.2) is 0 Å². The first kappa shape index (κ1) is 10.2. The average Bonchev–Trinajstić information content (AvgIpc) is 2.77. The fourth-order valence-electron chi connectivity index (χ4n) is 1.99. The Hall–Kier alpha value is -1.35. The van der Waals surface area contributed by atoms with Gasteiger partial charge in [0, 0.05) is 12.1 Å². The number of nitrogens with zero attached hydrogens (tertiary/aromatic N) is 1. The summed E-state index contributed by atoms with van der Waals surface area (Å²) in [6.45, 7) is 0.813. The predicted octanol–water partition coefficient (Wildman–Crippen LogP) is 1.08. The maximum atomic E-state index is 12.0. The van der Waals surface area contributed by atoms with Crippen LogP contribution in [0.15, 0.2) is 24.3 Å². The third kappa shape index (κ3) is 2.02. The third-order valence-electron chi connectivity index (χ3n) is 2.81. The standard InChI is InChI=1S/C12H14NO2/c14-9-11-7-4-8-13(11)12(15)10-5-2-1-3-6-10/h2-3,5-6,11,14H,4,7-9H2. The van der Waals surface area contributed by atoms with Gasteiger partial charge < -0.3 is 10.0 Å².